The van der Waals surface area contributed by atoms with Gasteiger partial charge in [-0.1, -0.05) is 0 Å². The van der Waals surface area contributed by atoms with Gasteiger partial charge in [-0.2, -0.15) is 0 Å². The van der Waals surface area contributed by atoms with Crippen molar-refractivity contribution in [1.29, 1.82) is 0 Å². The van der Waals surface area contributed by atoms with E-state index in [2.05, 4.69) is 21.2 Å². The highest BCUT2D eigenvalue weighted by atomic mass is 79.9. The number of carbonyl (C=O) groups excluding carboxylic acids is 2. The van der Waals surface area contributed by atoms with Gasteiger partial charge in [-0.25, -0.2) is 0 Å². The Bertz CT molecular complexity index is 448. The van der Waals surface area contributed by atoms with E-state index in [0.29, 0.717) is 30.6 Å². The van der Waals surface area contributed by atoms with Gasteiger partial charge in [0.25, 0.3) is 0 Å². The molecule has 1 aliphatic rings. The fourth-order valence-electron chi connectivity index (χ4n) is 2.00. The van der Waals surface area contributed by atoms with E-state index >= 15 is 0 Å². The molecule has 0 aliphatic carbocycles. The van der Waals surface area contributed by atoms with Crippen LogP contribution in [0, 0.1) is 5.92 Å². The first-order valence-electron chi connectivity index (χ1n) is 5.82. The summed E-state index contributed by atoms with van der Waals surface area (Å²) < 4.78 is 6.02. The minimum absolute atomic E-state index is 0.0247. The molecule has 0 radical (unpaired) electrons. The van der Waals surface area contributed by atoms with Crippen molar-refractivity contribution in [3.63, 3.8) is 0 Å². The van der Waals surface area contributed by atoms with Crippen molar-refractivity contribution >= 4 is 27.7 Å². The zero-order valence-corrected chi connectivity index (χ0v) is 11.7. The number of furan rings is 1. The van der Waals surface area contributed by atoms with Crippen molar-refractivity contribution in [2.24, 2.45) is 5.92 Å². The summed E-state index contributed by atoms with van der Waals surface area (Å²) >= 11 is 3.22. The summed E-state index contributed by atoms with van der Waals surface area (Å²) in [7, 11) is 1.75. The Hall–Kier alpha value is -1.30. The van der Waals surface area contributed by atoms with E-state index in [0.717, 1.165) is 5.76 Å². The highest BCUT2D eigenvalue weighted by molar-refractivity contribution is 9.10. The second kappa shape index (κ2) is 5.56. The molecule has 1 aromatic rings. The Kier molecular flexibility index (Phi) is 4.06. The number of halogens is 1. The molecular weight excluding hydrogens is 300 g/mol. The zero-order valence-electron chi connectivity index (χ0n) is 10.1. The van der Waals surface area contributed by atoms with Gasteiger partial charge in [-0.15, -0.1) is 0 Å². The molecule has 2 rings (SSSR count). The minimum atomic E-state index is -0.119. The van der Waals surface area contributed by atoms with Crippen LogP contribution in [0.1, 0.15) is 18.6 Å². The maximum atomic E-state index is 12.1. The number of nitrogens with one attached hydrogen (secondary N) is 1. The van der Waals surface area contributed by atoms with Crippen LogP contribution >= 0.6 is 15.9 Å². The molecule has 1 fully saturated rings. The van der Waals surface area contributed by atoms with Gasteiger partial charge in [0.15, 0.2) is 4.67 Å². The van der Waals surface area contributed by atoms with Crippen LogP contribution in [0.3, 0.4) is 0 Å². The molecule has 0 aromatic carbocycles. The molecule has 1 atom stereocenters. The fourth-order valence-corrected chi connectivity index (χ4v) is 2.34. The molecule has 1 saturated heterocycles. The molecule has 0 bridgehead atoms. The van der Waals surface area contributed by atoms with E-state index in [9.17, 15) is 9.59 Å². The van der Waals surface area contributed by atoms with Crippen LogP contribution < -0.4 is 5.32 Å². The lowest BCUT2D eigenvalue weighted by molar-refractivity contribution is -0.137. The normalized spacial score (nSPS) is 19.4. The number of hydrogen-bond acceptors (Lipinski definition) is 3. The predicted molar refractivity (Wildman–Crippen MR) is 68.6 cm³/mol. The van der Waals surface area contributed by atoms with Crippen molar-refractivity contribution in [3.8, 4) is 0 Å². The molecule has 2 heterocycles. The Balaban J connectivity index is 1.90. The third-order valence-electron chi connectivity index (χ3n) is 3.01. The fraction of sp³-hybridized carbons (Fsp3) is 0.500. The van der Waals surface area contributed by atoms with Gasteiger partial charge in [-0.3, -0.25) is 9.59 Å². The number of hydrogen-bond donors (Lipinski definition) is 1. The number of amides is 2. The molecule has 0 saturated carbocycles. The molecule has 98 valence electrons. The van der Waals surface area contributed by atoms with Crippen LogP contribution in [0.5, 0.6) is 0 Å². The van der Waals surface area contributed by atoms with Gasteiger partial charge in [0.2, 0.25) is 11.8 Å². The summed E-state index contributed by atoms with van der Waals surface area (Å²) in [6, 6.07) is 3.63. The molecule has 1 aliphatic heterocycles. The summed E-state index contributed by atoms with van der Waals surface area (Å²) in [5.74, 6) is 0.683. The van der Waals surface area contributed by atoms with Crippen LogP contribution in [-0.2, 0) is 16.1 Å². The Morgan fingerprint density at radius 1 is 1.61 bits per heavy atom. The topological polar surface area (TPSA) is 62.6 Å². The highest BCUT2D eigenvalue weighted by Gasteiger charge is 2.27. The average Bonchev–Trinajstić information content (AvgIpc) is 2.75. The minimum Gasteiger partial charge on any atom is -0.452 e. The van der Waals surface area contributed by atoms with Crippen molar-refractivity contribution in [2.45, 2.75) is 19.4 Å². The predicted octanol–water partition coefficient (Wildman–Crippen LogP) is 1.53. The summed E-state index contributed by atoms with van der Waals surface area (Å²) in [6.07, 6.45) is 1.05. The van der Waals surface area contributed by atoms with Crippen LogP contribution in [0.4, 0.5) is 0 Å². The van der Waals surface area contributed by atoms with Crippen molar-refractivity contribution < 1.29 is 14.0 Å². The summed E-state index contributed by atoms with van der Waals surface area (Å²) in [5.41, 5.74) is 0. The maximum absolute atomic E-state index is 12.1. The average molecular weight is 315 g/mol. The molecular formula is C12H15BrN2O3. The highest BCUT2D eigenvalue weighted by Crippen LogP contribution is 2.18. The smallest absolute Gasteiger partial charge is 0.227 e. The van der Waals surface area contributed by atoms with Crippen molar-refractivity contribution in [2.75, 3.05) is 13.6 Å². The maximum Gasteiger partial charge on any atom is 0.227 e. The lowest BCUT2D eigenvalue weighted by atomic mass is 9.98. The third kappa shape index (κ3) is 3.13. The molecule has 18 heavy (non-hydrogen) atoms. The third-order valence-corrected chi connectivity index (χ3v) is 3.44. The van der Waals surface area contributed by atoms with Crippen molar-refractivity contribution in [1.82, 2.24) is 10.2 Å². The van der Waals surface area contributed by atoms with Crippen molar-refractivity contribution in [3.05, 3.63) is 22.6 Å². The molecule has 5 nitrogen and oxygen atoms in total. The van der Waals surface area contributed by atoms with E-state index in [4.69, 9.17) is 4.42 Å². The summed E-state index contributed by atoms with van der Waals surface area (Å²) in [5, 5.41) is 2.72. The first-order chi connectivity index (χ1) is 8.56. The van der Waals surface area contributed by atoms with E-state index in [1.54, 1.807) is 18.0 Å². The van der Waals surface area contributed by atoms with Gasteiger partial charge in [-0.05, 0) is 34.5 Å². The Morgan fingerprint density at radius 2 is 2.39 bits per heavy atom. The van der Waals surface area contributed by atoms with Gasteiger partial charge in [0.05, 0.1) is 12.5 Å². The second-order valence-corrected chi connectivity index (χ2v) is 5.22. The lowest BCUT2D eigenvalue weighted by Crippen LogP contribution is -2.43. The summed E-state index contributed by atoms with van der Waals surface area (Å²) in [6.45, 7) is 0.874. The first-order valence-corrected chi connectivity index (χ1v) is 6.61. The van der Waals surface area contributed by atoms with Crippen LogP contribution in [0.2, 0.25) is 0 Å². The number of rotatable bonds is 3. The largest absolute Gasteiger partial charge is 0.452 e. The van der Waals surface area contributed by atoms with Crippen LogP contribution in [0.25, 0.3) is 0 Å². The molecule has 1 aromatic heterocycles. The molecule has 0 unspecified atom stereocenters. The summed E-state index contributed by atoms with van der Waals surface area (Å²) in [4.78, 5) is 24.8. The molecule has 1 N–H and O–H groups in total. The molecule has 2 amide bonds. The SMILES string of the molecule is CN(Cc1ccc(Br)o1)C(=O)[C@@H]1CCC(=O)NC1. The van der Waals surface area contributed by atoms with Gasteiger partial charge in [0.1, 0.15) is 5.76 Å². The second-order valence-electron chi connectivity index (χ2n) is 4.44. The quantitative estimate of drug-likeness (QED) is 0.920. The number of carbonyl (C=O) groups is 2. The molecule has 6 heteroatoms. The van der Waals surface area contributed by atoms with E-state index in [-0.39, 0.29) is 17.7 Å². The monoisotopic (exact) mass is 314 g/mol. The van der Waals surface area contributed by atoms with Gasteiger partial charge in [0, 0.05) is 20.0 Å². The number of piperidine rings is 1. The van der Waals surface area contributed by atoms with E-state index in [1.165, 1.54) is 0 Å². The van der Waals surface area contributed by atoms with Gasteiger partial charge >= 0.3 is 0 Å². The standard InChI is InChI=1S/C12H15BrN2O3/c1-15(7-9-3-4-10(13)18-9)12(17)8-2-5-11(16)14-6-8/h3-4,8H,2,5-7H2,1H3,(H,14,16)/t8-/m1/s1. The van der Waals surface area contributed by atoms with E-state index in [1.807, 2.05) is 6.07 Å². The molecule has 0 spiro atoms. The number of nitrogens with zero attached hydrogens (tertiary/aromatic N) is 1. The Morgan fingerprint density at radius 3 is 2.94 bits per heavy atom. The van der Waals surface area contributed by atoms with Crippen LogP contribution in [0.15, 0.2) is 21.2 Å². The Labute approximate surface area is 114 Å². The first kappa shape index (κ1) is 13.1. The van der Waals surface area contributed by atoms with Crippen LogP contribution in [-0.4, -0.2) is 30.3 Å². The zero-order chi connectivity index (χ0) is 13.1. The van der Waals surface area contributed by atoms with Gasteiger partial charge < -0.3 is 14.6 Å². The van der Waals surface area contributed by atoms with E-state index < -0.39 is 0 Å². The lowest BCUT2D eigenvalue weighted by Gasteiger charge is -2.26.